The molecule has 4 rings (SSSR count). The van der Waals surface area contributed by atoms with Gasteiger partial charge in [0.2, 0.25) is 5.91 Å². The first-order valence-electron chi connectivity index (χ1n) is 16.9. The summed E-state index contributed by atoms with van der Waals surface area (Å²) in [6.07, 6.45) is 3.08. The molecule has 0 unspecified atom stereocenters. The third-order valence-electron chi connectivity index (χ3n) is 8.35. The molecule has 0 radical (unpaired) electrons. The normalized spacial score (nSPS) is 18.3. The average molecular weight is 651 g/mol. The maximum atomic E-state index is 14.6. The first-order valence-corrected chi connectivity index (χ1v) is 16.9. The number of anilines is 2. The van der Waals surface area contributed by atoms with Crippen molar-refractivity contribution >= 4 is 29.4 Å². The number of para-hydroxylation sites is 1. The number of aromatic nitrogens is 2. The molecule has 1 fully saturated rings. The van der Waals surface area contributed by atoms with Crippen molar-refractivity contribution in [2.75, 3.05) is 56.7 Å². The van der Waals surface area contributed by atoms with E-state index < -0.39 is 23.7 Å². The zero-order valence-corrected chi connectivity index (χ0v) is 29.8. The Bertz CT molecular complexity index is 1420. The number of hydrogen-bond donors (Lipinski definition) is 1. The van der Waals surface area contributed by atoms with Gasteiger partial charge in [-0.15, -0.1) is 0 Å². The number of carbonyl (C=O) groups is 3. The fraction of sp³-hybridized carbons (Fsp3) is 0.639. The summed E-state index contributed by atoms with van der Waals surface area (Å²) in [7, 11) is 1.66. The van der Waals surface area contributed by atoms with Gasteiger partial charge in [-0.25, -0.2) is 14.8 Å². The molecule has 3 amide bonds. The molecular formula is C36H54N6O5. The van der Waals surface area contributed by atoms with Crippen LogP contribution in [0.25, 0.3) is 0 Å². The summed E-state index contributed by atoms with van der Waals surface area (Å²) < 4.78 is 11.0. The number of methoxy groups -OCH3 is 1. The van der Waals surface area contributed by atoms with Crippen molar-refractivity contribution in [2.24, 2.45) is 11.8 Å². The molecule has 1 N–H and O–H groups in total. The second-order valence-electron chi connectivity index (χ2n) is 15.2. The number of hydrogen-bond acceptors (Lipinski definition) is 8. The van der Waals surface area contributed by atoms with Gasteiger partial charge in [0.15, 0.2) is 0 Å². The summed E-state index contributed by atoms with van der Waals surface area (Å²) in [5, 5.41) is 3.35. The number of amides is 3. The third kappa shape index (κ3) is 9.21. The van der Waals surface area contributed by atoms with Gasteiger partial charge in [-0.1, -0.05) is 52.8 Å². The van der Waals surface area contributed by atoms with Gasteiger partial charge >= 0.3 is 6.09 Å². The van der Waals surface area contributed by atoms with Gasteiger partial charge in [0.05, 0.1) is 12.0 Å². The molecule has 0 saturated carbocycles. The van der Waals surface area contributed by atoms with Crippen molar-refractivity contribution in [1.82, 2.24) is 19.8 Å². The number of rotatable bonds is 10. The minimum Gasteiger partial charge on any atom is -0.444 e. The van der Waals surface area contributed by atoms with Crippen molar-refractivity contribution in [3.63, 3.8) is 0 Å². The average Bonchev–Trinajstić information content (AvgIpc) is 3.44. The standard InChI is InChI=1S/C36H54N6O5/c1-24(2)21-42(32(44)28-20-38-33(35(3,4)5)39-30(28)37-16-12-18-46-9)27-19-26(22-40(23-27)34(45)47-36(6,7)8)31(43)41-17-15-25-13-10-11-14-29(25)41/h10-11,13-14,20,24,26-27H,12,15-19,21-23H2,1-9H3,(H,37,38,39)/t26-,27+/m1/s1. The monoisotopic (exact) mass is 650 g/mol. The predicted molar refractivity (Wildman–Crippen MR) is 184 cm³/mol. The lowest BCUT2D eigenvalue weighted by Crippen LogP contribution is -2.58. The van der Waals surface area contributed by atoms with Crippen LogP contribution in [0.4, 0.5) is 16.3 Å². The fourth-order valence-corrected chi connectivity index (χ4v) is 6.14. The highest BCUT2D eigenvalue weighted by Gasteiger charge is 2.42. The predicted octanol–water partition coefficient (Wildman–Crippen LogP) is 5.54. The second-order valence-corrected chi connectivity index (χ2v) is 15.2. The van der Waals surface area contributed by atoms with Gasteiger partial charge in [-0.3, -0.25) is 9.59 Å². The van der Waals surface area contributed by atoms with Crippen LogP contribution >= 0.6 is 0 Å². The van der Waals surface area contributed by atoms with Crippen LogP contribution in [0.2, 0.25) is 0 Å². The quantitative estimate of drug-likeness (QED) is 0.334. The van der Waals surface area contributed by atoms with Gasteiger partial charge in [-0.05, 0) is 57.6 Å². The van der Waals surface area contributed by atoms with Crippen molar-refractivity contribution in [2.45, 2.75) is 91.7 Å². The Hall–Kier alpha value is -3.73. The highest BCUT2D eigenvalue weighted by molar-refractivity contribution is 5.99. The molecule has 1 saturated heterocycles. The number of carbonyl (C=O) groups excluding carboxylic acids is 3. The topological polar surface area (TPSA) is 117 Å². The van der Waals surface area contributed by atoms with Crippen LogP contribution in [0.5, 0.6) is 0 Å². The van der Waals surface area contributed by atoms with Crippen LogP contribution in [0.15, 0.2) is 30.5 Å². The lowest BCUT2D eigenvalue weighted by molar-refractivity contribution is -0.124. The smallest absolute Gasteiger partial charge is 0.410 e. The number of nitrogens with zero attached hydrogens (tertiary/aromatic N) is 5. The summed E-state index contributed by atoms with van der Waals surface area (Å²) in [6, 6.07) is 7.53. The van der Waals surface area contributed by atoms with Gasteiger partial charge in [0.25, 0.3) is 5.91 Å². The molecule has 2 aliphatic rings. The van der Waals surface area contributed by atoms with E-state index >= 15 is 0 Å². The van der Waals surface area contributed by atoms with Gasteiger partial charge in [0.1, 0.15) is 22.8 Å². The number of piperidine rings is 1. The Morgan fingerprint density at radius 3 is 2.47 bits per heavy atom. The van der Waals surface area contributed by atoms with Gasteiger partial charge < -0.3 is 29.5 Å². The Morgan fingerprint density at radius 2 is 1.81 bits per heavy atom. The highest BCUT2D eigenvalue weighted by atomic mass is 16.6. The number of likely N-dealkylation sites (tertiary alicyclic amines) is 1. The molecule has 11 nitrogen and oxygen atoms in total. The van der Waals surface area contributed by atoms with E-state index in [4.69, 9.17) is 14.5 Å². The minimum absolute atomic E-state index is 0.0384. The van der Waals surface area contributed by atoms with E-state index in [-0.39, 0.29) is 36.2 Å². The summed E-state index contributed by atoms with van der Waals surface area (Å²) in [5.41, 5.74) is 1.39. The zero-order valence-electron chi connectivity index (χ0n) is 29.8. The molecule has 0 aliphatic carbocycles. The van der Waals surface area contributed by atoms with Crippen LogP contribution < -0.4 is 10.2 Å². The van der Waals surface area contributed by atoms with Gasteiger partial charge in [0, 0.05) is 63.7 Å². The SMILES string of the molecule is COCCCNc1nc(C(C)(C)C)ncc1C(=O)N(CC(C)C)[C@H]1C[C@@H](C(=O)N2CCc3ccccc32)CN(C(=O)OC(C)(C)C)C1. The molecule has 2 atom stereocenters. The van der Waals surface area contributed by atoms with E-state index in [0.717, 1.165) is 24.1 Å². The summed E-state index contributed by atoms with van der Waals surface area (Å²) >= 11 is 0. The van der Waals surface area contributed by atoms with Gasteiger partial charge in [-0.2, -0.15) is 0 Å². The molecule has 47 heavy (non-hydrogen) atoms. The molecule has 0 bridgehead atoms. The molecule has 0 spiro atoms. The fourth-order valence-electron chi connectivity index (χ4n) is 6.14. The highest BCUT2D eigenvalue weighted by Crippen LogP contribution is 2.33. The van der Waals surface area contributed by atoms with Crippen LogP contribution in [0.1, 0.15) is 90.0 Å². The number of fused-ring (bicyclic) bond motifs is 1. The van der Waals surface area contributed by atoms with Crippen LogP contribution in [0.3, 0.4) is 0 Å². The number of benzene rings is 1. The molecule has 2 aliphatic heterocycles. The third-order valence-corrected chi connectivity index (χ3v) is 8.35. The Morgan fingerprint density at radius 1 is 1.09 bits per heavy atom. The van der Waals surface area contributed by atoms with Crippen LogP contribution in [-0.4, -0.2) is 95.8 Å². The van der Waals surface area contributed by atoms with Crippen LogP contribution in [0, 0.1) is 11.8 Å². The molecule has 3 heterocycles. The maximum Gasteiger partial charge on any atom is 0.410 e. The largest absolute Gasteiger partial charge is 0.444 e. The lowest BCUT2D eigenvalue weighted by Gasteiger charge is -2.43. The van der Waals surface area contributed by atoms with E-state index in [1.54, 1.807) is 18.2 Å². The zero-order chi connectivity index (χ0) is 34.5. The molecular weight excluding hydrogens is 596 g/mol. The molecule has 2 aromatic rings. The van der Waals surface area contributed by atoms with Crippen molar-refractivity contribution in [3.05, 3.63) is 47.4 Å². The van der Waals surface area contributed by atoms with E-state index in [1.165, 1.54) is 0 Å². The number of ether oxygens (including phenoxy) is 2. The van der Waals surface area contributed by atoms with E-state index in [1.807, 2.05) is 69.5 Å². The summed E-state index contributed by atoms with van der Waals surface area (Å²) in [6.45, 7) is 18.4. The molecule has 1 aromatic heterocycles. The Labute approximate surface area is 280 Å². The minimum atomic E-state index is -0.708. The first kappa shape index (κ1) is 36.1. The molecule has 258 valence electrons. The van der Waals surface area contributed by atoms with Crippen molar-refractivity contribution in [1.29, 1.82) is 0 Å². The number of nitrogens with one attached hydrogen (secondary N) is 1. The summed E-state index contributed by atoms with van der Waals surface area (Å²) in [4.78, 5) is 57.0. The Balaban J connectivity index is 1.70. The first-order chi connectivity index (χ1) is 22.1. The maximum absolute atomic E-state index is 14.6. The van der Waals surface area contributed by atoms with Crippen molar-refractivity contribution < 1.29 is 23.9 Å². The van der Waals surface area contributed by atoms with Crippen molar-refractivity contribution in [3.8, 4) is 0 Å². The van der Waals surface area contributed by atoms with Crippen LogP contribution in [-0.2, 0) is 26.1 Å². The lowest BCUT2D eigenvalue weighted by atomic mass is 9.91. The van der Waals surface area contributed by atoms with E-state index in [0.29, 0.717) is 49.9 Å². The summed E-state index contributed by atoms with van der Waals surface area (Å²) in [5.74, 6) is 0.444. The van der Waals surface area contributed by atoms with E-state index in [9.17, 15) is 14.4 Å². The molecule has 11 heteroatoms. The second kappa shape index (κ2) is 15.0. The van der Waals surface area contributed by atoms with E-state index in [2.05, 4.69) is 30.2 Å². The molecule has 1 aromatic carbocycles. The Kier molecular flexibility index (Phi) is 11.5.